The highest BCUT2D eigenvalue weighted by molar-refractivity contribution is 4.63. The number of hydrogen-bond donors (Lipinski definition) is 0. The van der Waals surface area contributed by atoms with Gasteiger partial charge in [0.2, 0.25) is 0 Å². The Bertz CT molecular complexity index is 105. The number of ether oxygens (including phenoxy) is 2. The third kappa shape index (κ3) is 9.62. The van der Waals surface area contributed by atoms with Crippen LogP contribution in [0.2, 0.25) is 0 Å². The molecular weight excluding hydrogens is 154 g/mol. The number of likely N-dealkylation sites (N-methyl/N-ethyl adjacent to an activating group) is 1. The smallest absolute Gasteiger partial charge is 0.0704 e. The summed E-state index contributed by atoms with van der Waals surface area (Å²) in [5.74, 6) is 0. The lowest BCUT2D eigenvalue weighted by Gasteiger charge is -2.09. The molecular formula is C9H19NO2. The summed E-state index contributed by atoms with van der Waals surface area (Å²) < 4.78 is 10.4. The summed E-state index contributed by atoms with van der Waals surface area (Å²) >= 11 is 0. The minimum Gasteiger partial charge on any atom is -0.378 e. The van der Waals surface area contributed by atoms with Crippen LogP contribution in [0.1, 0.15) is 0 Å². The van der Waals surface area contributed by atoms with Crippen molar-refractivity contribution < 1.29 is 9.47 Å². The fraction of sp³-hybridized carbons (Fsp3) is 0.778. The van der Waals surface area contributed by atoms with Crippen molar-refractivity contribution in [2.75, 3.05) is 47.1 Å². The standard InChI is InChI=1S/C9H19NO2/c1-4-6-11-8-9-12-7-5-10(2)3/h4H,1,5-9H2,2-3H3. The van der Waals surface area contributed by atoms with E-state index >= 15 is 0 Å². The largest absolute Gasteiger partial charge is 0.378 e. The Balaban J connectivity index is 2.86. The van der Waals surface area contributed by atoms with Gasteiger partial charge in [0.05, 0.1) is 26.4 Å². The van der Waals surface area contributed by atoms with E-state index in [1.807, 2.05) is 14.1 Å². The Labute approximate surface area is 75.0 Å². The first kappa shape index (κ1) is 11.6. The summed E-state index contributed by atoms with van der Waals surface area (Å²) in [7, 11) is 4.05. The fourth-order valence-electron chi connectivity index (χ4n) is 0.634. The van der Waals surface area contributed by atoms with E-state index in [1.165, 1.54) is 0 Å². The van der Waals surface area contributed by atoms with Gasteiger partial charge in [0.25, 0.3) is 0 Å². The summed E-state index contributed by atoms with van der Waals surface area (Å²) in [5, 5.41) is 0. The number of hydrogen-bond acceptors (Lipinski definition) is 3. The van der Waals surface area contributed by atoms with Crippen LogP contribution in [-0.4, -0.2) is 52.0 Å². The Morgan fingerprint density at radius 2 is 1.83 bits per heavy atom. The zero-order valence-electron chi connectivity index (χ0n) is 8.08. The molecule has 3 nitrogen and oxygen atoms in total. The molecule has 0 spiro atoms. The number of nitrogens with zero attached hydrogens (tertiary/aromatic N) is 1. The number of rotatable bonds is 8. The zero-order chi connectivity index (χ0) is 9.23. The minimum atomic E-state index is 0.608. The summed E-state index contributed by atoms with van der Waals surface area (Å²) in [5.41, 5.74) is 0. The molecule has 0 aromatic rings. The maximum Gasteiger partial charge on any atom is 0.0704 e. The summed E-state index contributed by atoms with van der Waals surface area (Å²) in [4.78, 5) is 2.09. The van der Waals surface area contributed by atoms with Crippen LogP contribution in [0.15, 0.2) is 12.7 Å². The molecule has 0 aliphatic heterocycles. The van der Waals surface area contributed by atoms with Crippen LogP contribution in [0.25, 0.3) is 0 Å². The topological polar surface area (TPSA) is 21.7 Å². The van der Waals surface area contributed by atoms with Crippen molar-refractivity contribution in [3.8, 4) is 0 Å². The highest BCUT2D eigenvalue weighted by atomic mass is 16.5. The van der Waals surface area contributed by atoms with E-state index in [0.29, 0.717) is 19.8 Å². The molecule has 12 heavy (non-hydrogen) atoms. The minimum absolute atomic E-state index is 0.608. The lowest BCUT2D eigenvalue weighted by atomic mass is 10.6. The second kappa shape index (κ2) is 8.71. The van der Waals surface area contributed by atoms with Gasteiger partial charge >= 0.3 is 0 Å². The quantitative estimate of drug-likeness (QED) is 0.400. The van der Waals surface area contributed by atoms with Gasteiger partial charge in [-0.15, -0.1) is 6.58 Å². The van der Waals surface area contributed by atoms with Gasteiger partial charge in [0, 0.05) is 6.54 Å². The van der Waals surface area contributed by atoms with Gasteiger partial charge in [-0.2, -0.15) is 0 Å². The van der Waals surface area contributed by atoms with Crippen LogP contribution in [-0.2, 0) is 9.47 Å². The molecule has 0 saturated carbocycles. The Morgan fingerprint density at radius 1 is 1.17 bits per heavy atom. The molecule has 0 aliphatic rings. The van der Waals surface area contributed by atoms with Crippen LogP contribution < -0.4 is 0 Å². The SMILES string of the molecule is C=CCOCCOCCN(C)C. The van der Waals surface area contributed by atoms with Gasteiger partial charge in [-0.25, -0.2) is 0 Å². The molecule has 0 aromatic carbocycles. The van der Waals surface area contributed by atoms with Crippen molar-refractivity contribution in [1.29, 1.82) is 0 Å². The molecule has 0 saturated heterocycles. The first-order chi connectivity index (χ1) is 5.77. The van der Waals surface area contributed by atoms with Crippen molar-refractivity contribution in [3.63, 3.8) is 0 Å². The van der Waals surface area contributed by atoms with Gasteiger partial charge in [-0.05, 0) is 14.1 Å². The second-order valence-corrected chi connectivity index (χ2v) is 2.78. The zero-order valence-corrected chi connectivity index (χ0v) is 8.08. The molecule has 0 fully saturated rings. The first-order valence-corrected chi connectivity index (χ1v) is 4.18. The van der Waals surface area contributed by atoms with E-state index in [2.05, 4.69) is 11.5 Å². The molecule has 0 atom stereocenters. The highest BCUT2D eigenvalue weighted by Gasteiger charge is 1.90. The summed E-state index contributed by atoms with van der Waals surface area (Å²) in [6.07, 6.45) is 1.74. The van der Waals surface area contributed by atoms with E-state index in [9.17, 15) is 0 Å². The maximum absolute atomic E-state index is 5.29. The van der Waals surface area contributed by atoms with Crippen LogP contribution in [0.4, 0.5) is 0 Å². The second-order valence-electron chi connectivity index (χ2n) is 2.78. The molecule has 0 aromatic heterocycles. The van der Waals surface area contributed by atoms with E-state index in [0.717, 1.165) is 13.2 Å². The van der Waals surface area contributed by atoms with E-state index < -0.39 is 0 Å². The molecule has 0 radical (unpaired) electrons. The predicted octanol–water partition coefficient (Wildman–Crippen LogP) is 0.767. The van der Waals surface area contributed by atoms with Crippen LogP contribution >= 0.6 is 0 Å². The van der Waals surface area contributed by atoms with Gasteiger partial charge in [0.15, 0.2) is 0 Å². The van der Waals surface area contributed by atoms with Crippen molar-refractivity contribution in [3.05, 3.63) is 12.7 Å². The Hall–Kier alpha value is -0.380. The summed E-state index contributed by atoms with van der Waals surface area (Å²) in [6.45, 7) is 7.20. The molecule has 0 rings (SSSR count). The van der Waals surface area contributed by atoms with Gasteiger partial charge in [0.1, 0.15) is 0 Å². The average molecular weight is 173 g/mol. The fourth-order valence-corrected chi connectivity index (χ4v) is 0.634. The van der Waals surface area contributed by atoms with E-state index in [-0.39, 0.29) is 0 Å². The normalized spacial score (nSPS) is 10.6. The van der Waals surface area contributed by atoms with Crippen molar-refractivity contribution >= 4 is 0 Å². The third-order valence-electron chi connectivity index (χ3n) is 1.29. The van der Waals surface area contributed by atoms with Gasteiger partial charge in [-0.1, -0.05) is 6.08 Å². The third-order valence-corrected chi connectivity index (χ3v) is 1.29. The first-order valence-electron chi connectivity index (χ1n) is 4.18. The molecule has 0 unspecified atom stereocenters. The molecule has 72 valence electrons. The van der Waals surface area contributed by atoms with E-state index in [4.69, 9.17) is 9.47 Å². The lowest BCUT2D eigenvalue weighted by molar-refractivity contribution is 0.0524. The average Bonchev–Trinajstić information content (AvgIpc) is 2.02. The van der Waals surface area contributed by atoms with Crippen LogP contribution in [0, 0.1) is 0 Å². The highest BCUT2D eigenvalue weighted by Crippen LogP contribution is 1.80. The lowest BCUT2D eigenvalue weighted by Crippen LogP contribution is -2.19. The monoisotopic (exact) mass is 173 g/mol. The molecule has 0 aliphatic carbocycles. The van der Waals surface area contributed by atoms with Gasteiger partial charge in [-0.3, -0.25) is 0 Å². The molecule has 0 bridgehead atoms. The van der Waals surface area contributed by atoms with Crippen LogP contribution in [0.5, 0.6) is 0 Å². The van der Waals surface area contributed by atoms with Crippen molar-refractivity contribution in [2.45, 2.75) is 0 Å². The van der Waals surface area contributed by atoms with Crippen LogP contribution in [0.3, 0.4) is 0 Å². The van der Waals surface area contributed by atoms with E-state index in [1.54, 1.807) is 6.08 Å². The Kier molecular flexibility index (Phi) is 8.44. The molecule has 3 heteroatoms. The molecule has 0 heterocycles. The maximum atomic E-state index is 5.29. The Morgan fingerprint density at radius 3 is 2.42 bits per heavy atom. The summed E-state index contributed by atoms with van der Waals surface area (Å²) in [6, 6.07) is 0. The van der Waals surface area contributed by atoms with Crippen molar-refractivity contribution in [1.82, 2.24) is 4.90 Å². The molecule has 0 N–H and O–H groups in total. The predicted molar refractivity (Wildman–Crippen MR) is 50.4 cm³/mol. The van der Waals surface area contributed by atoms with Crippen molar-refractivity contribution in [2.24, 2.45) is 0 Å². The van der Waals surface area contributed by atoms with Gasteiger partial charge < -0.3 is 14.4 Å². The molecule has 0 amide bonds.